The van der Waals surface area contributed by atoms with Gasteiger partial charge in [0.15, 0.2) is 4.32 Å². The van der Waals surface area contributed by atoms with Gasteiger partial charge < -0.3 is 9.84 Å². The molecule has 2 aliphatic heterocycles. The zero-order valence-corrected chi connectivity index (χ0v) is 12.8. The van der Waals surface area contributed by atoms with Gasteiger partial charge in [-0.2, -0.15) is 0 Å². The summed E-state index contributed by atoms with van der Waals surface area (Å²) < 4.78 is 4.65. The Balaban J connectivity index is 1.93. The Labute approximate surface area is 126 Å². The van der Waals surface area contributed by atoms with Crippen LogP contribution in [-0.4, -0.2) is 33.2 Å². The van der Waals surface area contributed by atoms with Crippen molar-refractivity contribution in [2.75, 3.05) is 6.61 Å². The molecule has 108 valence electrons. The quantitative estimate of drug-likeness (QED) is 0.755. The average molecular weight is 341 g/mol. The molecule has 0 amide bonds. The number of aliphatic carboxylic acids is 1. The van der Waals surface area contributed by atoms with Gasteiger partial charge in [0, 0.05) is 17.9 Å². The number of carbonyl (C=O) groups is 1. The maximum absolute atomic E-state index is 11.4. The molecule has 1 fully saturated rings. The Morgan fingerprint density at radius 1 is 1.60 bits per heavy atom. The molecule has 0 spiro atoms. The van der Waals surface area contributed by atoms with Gasteiger partial charge >= 0.3 is 5.97 Å². The van der Waals surface area contributed by atoms with Crippen molar-refractivity contribution in [2.24, 2.45) is 0 Å². The number of carboxylic acid groups (broad SMARTS) is 1. The van der Waals surface area contributed by atoms with Crippen molar-refractivity contribution >= 4 is 21.9 Å². The second kappa shape index (κ2) is 4.93. The summed E-state index contributed by atoms with van der Waals surface area (Å²) in [5.41, 5.74) is 6.21. The van der Waals surface area contributed by atoms with Crippen LogP contribution in [0.3, 0.4) is 0 Å². The van der Waals surface area contributed by atoms with Crippen molar-refractivity contribution in [3.05, 3.63) is 35.2 Å². The van der Waals surface area contributed by atoms with Gasteiger partial charge in [-0.05, 0) is 32.3 Å². The molecule has 1 saturated heterocycles. The van der Waals surface area contributed by atoms with E-state index in [0.29, 0.717) is 0 Å². The number of nitrogens with one attached hydrogen (secondary N) is 1. The smallest absolute Gasteiger partial charge is 0.328 e. The van der Waals surface area contributed by atoms with Gasteiger partial charge in [-0.15, -0.1) is 0 Å². The van der Waals surface area contributed by atoms with Crippen LogP contribution < -0.4 is 5.43 Å². The zero-order valence-electron chi connectivity index (χ0n) is 11.2. The molecule has 0 aromatic carbocycles. The maximum Gasteiger partial charge on any atom is 0.328 e. The van der Waals surface area contributed by atoms with E-state index in [1.807, 2.05) is 18.0 Å². The minimum Gasteiger partial charge on any atom is -0.480 e. The van der Waals surface area contributed by atoms with Crippen LogP contribution in [0.25, 0.3) is 0 Å². The number of halogens is 1. The average Bonchev–Trinajstić information content (AvgIpc) is 2.76. The Hall–Kier alpha value is -1.27. The number of carboxylic acids is 1. The van der Waals surface area contributed by atoms with Crippen molar-refractivity contribution in [3.63, 3.8) is 0 Å². The van der Waals surface area contributed by atoms with E-state index in [1.54, 1.807) is 12.2 Å². The van der Waals surface area contributed by atoms with Crippen LogP contribution in [0.4, 0.5) is 0 Å². The van der Waals surface area contributed by atoms with Crippen LogP contribution in [0.2, 0.25) is 0 Å². The third kappa shape index (κ3) is 2.16. The van der Waals surface area contributed by atoms with Crippen LogP contribution in [0.15, 0.2) is 35.2 Å². The molecular weight excluding hydrogens is 324 g/mol. The van der Waals surface area contributed by atoms with Gasteiger partial charge in [-0.3, -0.25) is 15.2 Å². The molecule has 2 unspecified atom stereocenters. The molecule has 6 heteroatoms. The molecule has 2 atom stereocenters. The van der Waals surface area contributed by atoms with E-state index in [9.17, 15) is 9.90 Å². The lowest BCUT2D eigenvalue weighted by atomic mass is 9.96. The molecule has 3 rings (SSSR count). The van der Waals surface area contributed by atoms with Gasteiger partial charge in [0.2, 0.25) is 0 Å². The van der Waals surface area contributed by atoms with E-state index < -0.39 is 10.3 Å². The Morgan fingerprint density at radius 2 is 2.40 bits per heavy atom. The van der Waals surface area contributed by atoms with Gasteiger partial charge in [0.05, 0.1) is 5.70 Å². The van der Waals surface area contributed by atoms with Crippen molar-refractivity contribution in [1.82, 2.24) is 10.4 Å². The van der Waals surface area contributed by atoms with Gasteiger partial charge in [0.1, 0.15) is 6.23 Å². The van der Waals surface area contributed by atoms with Crippen molar-refractivity contribution < 1.29 is 14.6 Å². The number of fused-ring (bicyclic) bond motifs is 1. The van der Waals surface area contributed by atoms with Crippen LogP contribution in [0.1, 0.15) is 26.2 Å². The summed E-state index contributed by atoms with van der Waals surface area (Å²) in [6.07, 6.45) is 8.34. The number of nitrogens with zero attached hydrogens (tertiary/aromatic N) is 1. The normalized spacial score (nSPS) is 32.8. The zero-order chi connectivity index (χ0) is 14.3. The summed E-state index contributed by atoms with van der Waals surface area (Å²) in [6, 6.07) is 0. The van der Waals surface area contributed by atoms with E-state index in [1.165, 1.54) is 0 Å². The molecule has 2 N–H and O–H groups in total. The highest BCUT2D eigenvalue weighted by Gasteiger charge is 2.39. The number of allylic oxidation sites excluding steroid dienone is 2. The Morgan fingerprint density at radius 3 is 3.05 bits per heavy atom. The second-order valence-electron chi connectivity index (χ2n) is 5.28. The highest BCUT2D eigenvalue weighted by molar-refractivity contribution is 9.10. The predicted molar refractivity (Wildman–Crippen MR) is 77.8 cm³/mol. The van der Waals surface area contributed by atoms with Crippen LogP contribution >= 0.6 is 15.9 Å². The summed E-state index contributed by atoms with van der Waals surface area (Å²) in [6.45, 7) is 2.73. The highest BCUT2D eigenvalue weighted by atomic mass is 79.9. The monoisotopic (exact) mass is 340 g/mol. The Bertz CT molecular complexity index is 535. The highest BCUT2D eigenvalue weighted by Crippen LogP contribution is 2.38. The SMILES string of the molecule is CC1=C2C=CC(Br)(C(=O)O)C=C2N(C2CCCCO2)N1. The maximum atomic E-state index is 11.4. The van der Waals surface area contributed by atoms with E-state index >= 15 is 0 Å². The summed E-state index contributed by atoms with van der Waals surface area (Å²) in [7, 11) is 0. The molecule has 0 saturated carbocycles. The molecular formula is C14H17BrN2O3. The lowest BCUT2D eigenvalue weighted by molar-refractivity contribution is -0.137. The largest absolute Gasteiger partial charge is 0.480 e. The molecule has 2 heterocycles. The molecule has 20 heavy (non-hydrogen) atoms. The second-order valence-corrected chi connectivity index (χ2v) is 6.59. The van der Waals surface area contributed by atoms with Crippen LogP contribution in [-0.2, 0) is 9.53 Å². The number of ether oxygens (including phenoxy) is 1. The topological polar surface area (TPSA) is 61.8 Å². The van der Waals surface area contributed by atoms with Crippen LogP contribution in [0, 0.1) is 0 Å². The fraction of sp³-hybridized carbons (Fsp3) is 0.500. The van der Waals surface area contributed by atoms with E-state index in [2.05, 4.69) is 21.4 Å². The first-order valence-corrected chi connectivity index (χ1v) is 7.54. The predicted octanol–water partition coefficient (Wildman–Crippen LogP) is 2.28. The standard InChI is InChI=1S/C14H17BrN2O3/c1-9-10-5-6-14(15,13(18)19)8-11(10)17(16-9)12-4-2-3-7-20-12/h5-6,8,12,16H,2-4,7H2,1H3,(H,18,19). The minimum absolute atomic E-state index is 0.0421. The minimum atomic E-state index is -1.15. The number of rotatable bonds is 2. The lowest BCUT2D eigenvalue weighted by Gasteiger charge is -2.35. The van der Waals surface area contributed by atoms with E-state index in [0.717, 1.165) is 42.8 Å². The molecule has 1 aliphatic carbocycles. The van der Waals surface area contributed by atoms with Gasteiger partial charge in [-0.25, -0.2) is 0 Å². The number of hydrogen-bond acceptors (Lipinski definition) is 4. The molecule has 0 bridgehead atoms. The molecule has 5 nitrogen and oxygen atoms in total. The summed E-state index contributed by atoms with van der Waals surface area (Å²) in [4.78, 5) is 11.4. The van der Waals surface area contributed by atoms with Gasteiger partial charge in [0.25, 0.3) is 0 Å². The fourth-order valence-corrected chi connectivity index (χ4v) is 3.07. The van der Waals surface area contributed by atoms with Crippen molar-refractivity contribution in [1.29, 1.82) is 0 Å². The molecule has 3 aliphatic rings. The van der Waals surface area contributed by atoms with Gasteiger partial charge in [-0.1, -0.05) is 28.1 Å². The van der Waals surface area contributed by atoms with E-state index in [4.69, 9.17) is 4.74 Å². The van der Waals surface area contributed by atoms with Crippen LogP contribution in [0.5, 0.6) is 0 Å². The summed E-state index contributed by atoms with van der Waals surface area (Å²) in [5.74, 6) is -0.922. The lowest BCUT2D eigenvalue weighted by Crippen LogP contribution is -2.44. The summed E-state index contributed by atoms with van der Waals surface area (Å²) >= 11 is 3.29. The van der Waals surface area contributed by atoms with E-state index in [-0.39, 0.29) is 6.23 Å². The third-order valence-electron chi connectivity index (χ3n) is 3.84. The number of alkyl halides is 1. The molecule has 0 aromatic heterocycles. The molecule has 0 aromatic rings. The number of hydrogen-bond donors (Lipinski definition) is 2. The fourth-order valence-electron chi connectivity index (χ4n) is 2.72. The first-order valence-electron chi connectivity index (χ1n) is 6.74. The molecule has 0 radical (unpaired) electrons. The third-order valence-corrected chi connectivity index (χ3v) is 4.67. The Kier molecular flexibility index (Phi) is 3.38. The summed E-state index contributed by atoms with van der Waals surface area (Å²) in [5, 5.41) is 11.3. The number of hydrazine groups is 1. The first kappa shape index (κ1) is 13.7. The van der Waals surface area contributed by atoms with Crippen molar-refractivity contribution in [2.45, 2.75) is 36.7 Å². The van der Waals surface area contributed by atoms with Crippen molar-refractivity contribution in [3.8, 4) is 0 Å². The first-order chi connectivity index (χ1) is 9.51.